The molecule has 0 atom stereocenters. The van der Waals surface area contributed by atoms with Crippen LogP contribution in [0.25, 0.3) is 22.3 Å². The number of rotatable bonds is 8. The average Bonchev–Trinajstić information content (AvgIpc) is 2.73. The van der Waals surface area contributed by atoms with Crippen molar-refractivity contribution in [3.63, 3.8) is 0 Å². The van der Waals surface area contributed by atoms with Crippen LogP contribution in [0.2, 0.25) is 0 Å². The maximum absolute atomic E-state index is 14.8. The minimum absolute atomic E-state index is 0.277. The van der Waals surface area contributed by atoms with Gasteiger partial charge in [-0.2, -0.15) is 0 Å². The molecule has 0 amide bonds. The van der Waals surface area contributed by atoms with Crippen molar-refractivity contribution in [3.05, 3.63) is 109 Å². The molecule has 3 aromatic rings. The van der Waals surface area contributed by atoms with Crippen molar-refractivity contribution in [2.75, 3.05) is 0 Å². The molecule has 0 aliphatic heterocycles. The summed E-state index contributed by atoms with van der Waals surface area (Å²) < 4.78 is 29.5. The first-order chi connectivity index (χ1) is 13.6. The van der Waals surface area contributed by atoms with Gasteiger partial charge in [0.25, 0.3) is 0 Å². The van der Waals surface area contributed by atoms with Crippen molar-refractivity contribution in [1.29, 1.82) is 0 Å². The first-order valence-corrected chi connectivity index (χ1v) is 9.52. The first-order valence-electron chi connectivity index (χ1n) is 9.52. The van der Waals surface area contributed by atoms with E-state index < -0.39 is 11.6 Å². The van der Waals surface area contributed by atoms with E-state index in [9.17, 15) is 8.78 Å². The molecular formula is C26H24F2. The Morgan fingerprint density at radius 1 is 0.607 bits per heavy atom. The standard InChI is InChI=1S/C26H24F2/c1-3-5-7-19-9-13-21(14-10-19)23-17-26(28)24(18-25(23)27)22-15-11-20(12-16-22)8-6-4-2/h3-4,9-18H,1-2,5-8H2. The smallest absolute Gasteiger partial charge is 0.131 e. The Balaban J connectivity index is 1.86. The zero-order chi connectivity index (χ0) is 19.9. The van der Waals surface area contributed by atoms with E-state index in [4.69, 9.17) is 0 Å². The Kier molecular flexibility index (Phi) is 6.54. The van der Waals surface area contributed by atoms with Crippen LogP contribution >= 0.6 is 0 Å². The maximum atomic E-state index is 14.8. The van der Waals surface area contributed by atoms with Crippen molar-refractivity contribution in [1.82, 2.24) is 0 Å². The SMILES string of the molecule is C=CCCc1ccc(-c2cc(F)c(-c3ccc(CCC=C)cc3)cc2F)cc1. The number of hydrogen-bond acceptors (Lipinski definition) is 0. The Hall–Kier alpha value is -3.00. The number of halogens is 2. The highest BCUT2D eigenvalue weighted by Gasteiger charge is 2.13. The van der Waals surface area contributed by atoms with Gasteiger partial charge in [-0.1, -0.05) is 60.7 Å². The van der Waals surface area contributed by atoms with Crippen LogP contribution in [0.3, 0.4) is 0 Å². The minimum Gasteiger partial charge on any atom is -0.206 e. The molecule has 0 spiro atoms. The third kappa shape index (κ3) is 4.64. The summed E-state index contributed by atoms with van der Waals surface area (Å²) >= 11 is 0. The van der Waals surface area contributed by atoms with Crippen LogP contribution in [0.4, 0.5) is 8.78 Å². The first kappa shape index (κ1) is 19.8. The van der Waals surface area contributed by atoms with E-state index in [1.807, 2.05) is 60.7 Å². The zero-order valence-corrected chi connectivity index (χ0v) is 15.9. The van der Waals surface area contributed by atoms with Gasteiger partial charge in [-0.05, 0) is 60.1 Å². The van der Waals surface area contributed by atoms with E-state index >= 15 is 0 Å². The number of aryl methyl sites for hydroxylation is 2. The van der Waals surface area contributed by atoms with Crippen LogP contribution in [-0.4, -0.2) is 0 Å². The summed E-state index contributed by atoms with van der Waals surface area (Å²) in [6.07, 6.45) is 7.30. The van der Waals surface area contributed by atoms with Gasteiger partial charge < -0.3 is 0 Å². The van der Waals surface area contributed by atoms with Gasteiger partial charge >= 0.3 is 0 Å². The fraction of sp³-hybridized carbons (Fsp3) is 0.154. The van der Waals surface area contributed by atoms with Gasteiger partial charge in [0, 0.05) is 11.1 Å². The molecule has 0 aliphatic carbocycles. The lowest BCUT2D eigenvalue weighted by Gasteiger charge is -2.10. The summed E-state index contributed by atoms with van der Waals surface area (Å²) in [4.78, 5) is 0. The summed E-state index contributed by atoms with van der Waals surface area (Å²) in [6.45, 7) is 7.44. The third-order valence-corrected chi connectivity index (χ3v) is 4.86. The van der Waals surface area contributed by atoms with E-state index in [1.165, 1.54) is 12.1 Å². The van der Waals surface area contributed by atoms with Crippen molar-refractivity contribution in [3.8, 4) is 22.3 Å². The third-order valence-electron chi connectivity index (χ3n) is 4.86. The molecule has 0 saturated heterocycles. The largest absolute Gasteiger partial charge is 0.206 e. The predicted octanol–water partition coefficient (Wildman–Crippen LogP) is 7.54. The summed E-state index contributed by atoms with van der Waals surface area (Å²) in [6, 6.07) is 17.7. The quantitative estimate of drug-likeness (QED) is 0.357. The van der Waals surface area contributed by atoms with Crippen LogP contribution in [0.1, 0.15) is 24.0 Å². The lowest BCUT2D eigenvalue weighted by molar-refractivity contribution is 0.606. The zero-order valence-electron chi connectivity index (χ0n) is 15.9. The second kappa shape index (κ2) is 9.27. The molecule has 28 heavy (non-hydrogen) atoms. The molecule has 0 saturated carbocycles. The van der Waals surface area contributed by atoms with Gasteiger partial charge in [-0.15, -0.1) is 13.2 Å². The van der Waals surface area contributed by atoms with Crippen molar-refractivity contribution < 1.29 is 8.78 Å². The molecule has 0 nitrogen and oxygen atoms in total. The van der Waals surface area contributed by atoms with Crippen LogP contribution in [-0.2, 0) is 12.8 Å². The molecule has 0 unspecified atom stereocenters. The molecule has 0 bridgehead atoms. The second-order valence-corrected chi connectivity index (χ2v) is 6.86. The van der Waals surface area contributed by atoms with Gasteiger partial charge in [-0.3, -0.25) is 0 Å². The lowest BCUT2D eigenvalue weighted by atomic mass is 9.97. The Morgan fingerprint density at radius 2 is 0.964 bits per heavy atom. The van der Waals surface area contributed by atoms with Gasteiger partial charge in [0.2, 0.25) is 0 Å². The fourth-order valence-corrected chi connectivity index (χ4v) is 3.23. The Labute approximate surface area is 165 Å². The molecule has 3 aromatic carbocycles. The van der Waals surface area contributed by atoms with E-state index in [0.717, 1.165) is 36.8 Å². The summed E-state index contributed by atoms with van der Waals surface area (Å²) in [5.74, 6) is -0.850. The topological polar surface area (TPSA) is 0 Å². The molecule has 2 heteroatoms. The number of hydrogen-bond donors (Lipinski definition) is 0. The fourth-order valence-electron chi connectivity index (χ4n) is 3.23. The monoisotopic (exact) mass is 374 g/mol. The van der Waals surface area contributed by atoms with E-state index in [0.29, 0.717) is 11.1 Å². The van der Waals surface area contributed by atoms with Crippen molar-refractivity contribution in [2.24, 2.45) is 0 Å². The van der Waals surface area contributed by atoms with Gasteiger partial charge in [0.15, 0.2) is 0 Å². The van der Waals surface area contributed by atoms with Gasteiger partial charge in [-0.25, -0.2) is 8.78 Å². The highest BCUT2D eigenvalue weighted by Crippen LogP contribution is 2.31. The molecule has 0 heterocycles. The Morgan fingerprint density at radius 3 is 1.29 bits per heavy atom. The normalized spacial score (nSPS) is 10.6. The van der Waals surface area contributed by atoms with Crippen molar-refractivity contribution in [2.45, 2.75) is 25.7 Å². The second-order valence-electron chi connectivity index (χ2n) is 6.86. The maximum Gasteiger partial charge on any atom is 0.131 e. The van der Waals surface area contributed by atoms with Crippen molar-refractivity contribution >= 4 is 0 Å². The number of allylic oxidation sites excluding steroid dienone is 2. The Bertz CT molecular complexity index is 870. The predicted molar refractivity (Wildman–Crippen MR) is 114 cm³/mol. The molecule has 0 radical (unpaired) electrons. The summed E-state index contributed by atoms with van der Waals surface area (Å²) in [5, 5.41) is 0. The van der Waals surface area contributed by atoms with Gasteiger partial charge in [0.1, 0.15) is 11.6 Å². The van der Waals surface area contributed by atoms with Crippen LogP contribution < -0.4 is 0 Å². The van der Waals surface area contributed by atoms with E-state index in [1.54, 1.807) is 0 Å². The minimum atomic E-state index is -0.425. The van der Waals surface area contributed by atoms with Crippen LogP contribution in [0, 0.1) is 11.6 Å². The summed E-state index contributed by atoms with van der Waals surface area (Å²) in [7, 11) is 0. The highest BCUT2D eigenvalue weighted by atomic mass is 19.1. The van der Waals surface area contributed by atoms with E-state index in [2.05, 4.69) is 13.2 Å². The van der Waals surface area contributed by atoms with Crippen LogP contribution in [0.15, 0.2) is 86.0 Å². The lowest BCUT2D eigenvalue weighted by Crippen LogP contribution is -1.93. The van der Waals surface area contributed by atoms with Crippen LogP contribution in [0.5, 0.6) is 0 Å². The molecule has 0 aromatic heterocycles. The molecular weight excluding hydrogens is 350 g/mol. The molecule has 142 valence electrons. The van der Waals surface area contributed by atoms with E-state index in [-0.39, 0.29) is 11.1 Å². The number of benzene rings is 3. The van der Waals surface area contributed by atoms with Gasteiger partial charge in [0.05, 0.1) is 0 Å². The summed E-state index contributed by atoms with van der Waals surface area (Å²) in [5.41, 5.74) is 4.20. The molecule has 0 fully saturated rings. The molecule has 3 rings (SSSR count). The average molecular weight is 374 g/mol. The molecule has 0 N–H and O–H groups in total. The molecule has 0 aliphatic rings. The highest BCUT2D eigenvalue weighted by molar-refractivity contribution is 5.72.